The summed E-state index contributed by atoms with van der Waals surface area (Å²) in [6, 6.07) is 13.1. The fourth-order valence-corrected chi connectivity index (χ4v) is 3.17. The molecule has 2 amide bonds. The number of nitrogens with zero attached hydrogens (tertiary/aromatic N) is 2. The molecular formula is C21H18ClN3O3S. The molecule has 0 aromatic heterocycles. The number of thiocarbonyl (C=S) groups is 1. The number of phenols is 1. The highest BCUT2D eigenvalue weighted by atomic mass is 35.5. The van der Waals surface area contributed by atoms with E-state index in [0.29, 0.717) is 16.3 Å². The van der Waals surface area contributed by atoms with Crippen molar-refractivity contribution in [1.29, 1.82) is 0 Å². The Morgan fingerprint density at radius 2 is 1.72 bits per heavy atom. The van der Waals surface area contributed by atoms with Crippen LogP contribution in [-0.2, 0) is 9.59 Å². The van der Waals surface area contributed by atoms with Crippen molar-refractivity contribution in [2.75, 3.05) is 19.0 Å². The highest BCUT2D eigenvalue weighted by Crippen LogP contribution is 2.26. The highest BCUT2D eigenvalue weighted by Gasteiger charge is 2.34. The minimum absolute atomic E-state index is 0.00208. The van der Waals surface area contributed by atoms with Crippen molar-refractivity contribution < 1.29 is 14.7 Å². The lowest BCUT2D eigenvalue weighted by Crippen LogP contribution is -2.54. The van der Waals surface area contributed by atoms with Gasteiger partial charge in [0.25, 0.3) is 11.8 Å². The van der Waals surface area contributed by atoms with Gasteiger partial charge in [-0.05, 0) is 65.8 Å². The van der Waals surface area contributed by atoms with Gasteiger partial charge in [0.05, 0.1) is 5.69 Å². The second-order valence-corrected chi connectivity index (χ2v) is 7.35. The second-order valence-electron chi connectivity index (χ2n) is 6.53. The van der Waals surface area contributed by atoms with E-state index in [1.807, 2.05) is 14.1 Å². The van der Waals surface area contributed by atoms with Gasteiger partial charge in [-0.1, -0.05) is 23.7 Å². The van der Waals surface area contributed by atoms with Crippen LogP contribution in [0, 0.1) is 0 Å². The van der Waals surface area contributed by atoms with E-state index in [1.165, 1.54) is 23.1 Å². The van der Waals surface area contributed by atoms with E-state index in [4.69, 9.17) is 23.8 Å². The van der Waals surface area contributed by atoms with E-state index in [-0.39, 0.29) is 16.4 Å². The van der Waals surface area contributed by atoms with Crippen LogP contribution >= 0.6 is 23.8 Å². The summed E-state index contributed by atoms with van der Waals surface area (Å²) in [7, 11) is 3.66. The third-order valence-electron chi connectivity index (χ3n) is 4.08. The Hall–Kier alpha value is -3.16. The topological polar surface area (TPSA) is 72.9 Å². The minimum Gasteiger partial charge on any atom is -0.508 e. The number of hydrogen-bond acceptors (Lipinski definition) is 5. The number of hydrogen-bond donors (Lipinski definition) is 2. The number of halogens is 1. The van der Waals surface area contributed by atoms with Gasteiger partial charge < -0.3 is 10.0 Å². The number of amides is 2. The van der Waals surface area contributed by atoms with Crippen molar-refractivity contribution in [3.63, 3.8) is 0 Å². The zero-order valence-corrected chi connectivity index (χ0v) is 17.3. The first-order valence-electron chi connectivity index (χ1n) is 8.61. The van der Waals surface area contributed by atoms with Crippen molar-refractivity contribution in [3.05, 3.63) is 77.0 Å². The number of phenolic OH excluding ortho intramolecular Hbond substituents is 1. The fraction of sp³-hybridized carbons (Fsp3) is 0.0952. The van der Waals surface area contributed by atoms with E-state index < -0.39 is 11.8 Å². The average Bonchev–Trinajstić information content (AvgIpc) is 2.66. The summed E-state index contributed by atoms with van der Waals surface area (Å²) in [5.41, 5.74) is 1.79. The first-order chi connectivity index (χ1) is 13.8. The molecule has 2 aromatic rings. The van der Waals surface area contributed by atoms with Gasteiger partial charge in [0.15, 0.2) is 5.11 Å². The average molecular weight is 428 g/mol. The summed E-state index contributed by atoms with van der Waals surface area (Å²) in [5, 5.41) is 12.6. The van der Waals surface area contributed by atoms with Gasteiger partial charge in [-0.3, -0.25) is 19.8 Å². The Morgan fingerprint density at radius 3 is 2.31 bits per heavy atom. The summed E-state index contributed by atoms with van der Waals surface area (Å²) in [6.07, 6.45) is 3.29. The normalized spacial score (nSPS) is 16.2. The van der Waals surface area contributed by atoms with Gasteiger partial charge in [0.1, 0.15) is 11.3 Å². The molecule has 1 heterocycles. The molecule has 0 unspecified atom stereocenters. The third-order valence-corrected chi connectivity index (χ3v) is 4.62. The predicted octanol–water partition coefficient (Wildman–Crippen LogP) is 3.32. The summed E-state index contributed by atoms with van der Waals surface area (Å²) in [6.45, 7) is 0. The molecule has 0 atom stereocenters. The Morgan fingerprint density at radius 1 is 1.10 bits per heavy atom. The molecule has 0 saturated carbocycles. The Balaban J connectivity index is 2.05. The van der Waals surface area contributed by atoms with Crippen molar-refractivity contribution in [3.8, 4) is 5.75 Å². The highest BCUT2D eigenvalue weighted by molar-refractivity contribution is 7.80. The van der Waals surface area contributed by atoms with Crippen LogP contribution in [0.3, 0.4) is 0 Å². The largest absolute Gasteiger partial charge is 0.508 e. The van der Waals surface area contributed by atoms with Crippen molar-refractivity contribution in [2.24, 2.45) is 0 Å². The molecule has 1 aliphatic rings. The number of nitrogens with one attached hydrogen (secondary N) is 1. The summed E-state index contributed by atoms with van der Waals surface area (Å²) in [4.78, 5) is 28.7. The monoisotopic (exact) mass is 427 g/mol. The maximum atomic E-state index is 13.1. The Labute approximate surface area is 178 Å². The van der Waals surface area contributed by atoms with Gasteiger partial charge in [-0.25, -0.2) is 0 Å². The zero-order valence-electron chi connectivity index (χ0n) is 15.7. The van der Waals surface area contributed by atoms with Gasteiger partial charge >= 0.3 is 0 Å². The van der Waals surface area contributed by atoms with E-state index in [0.717, 1.165) is 5.56 Å². The molecule has 0 aliphatic carbocycles. The van der Waals surface area contributed by atoms with Crippen molar-refractivity contribution in [1.82, 2.24) is 10.2 Å². The number of rotatable bonds is 4. The summed E-state index contributed by atoms with van der Waals surface area (Å²) in [5.74, 6) is -0.991. The first-order valence-corrected chi connectivity index (χ1v) is 9.39. The quantitative estimate of drug-likeness (QED) is 0.445. The Bertz CT molecular complexity index is 1030. The number of carbonyl (C=O) groups excluding carboxylic acids is 2. The number of carbonyl (C=O) groups is 2. The SMILES string of the molecule is CN(C)/C=C(/C=C1/C(=O)NC(=S)N(c2ccc(Cl)cc2)C1=O)c1ccc(O)cc1. The lowest BCUT2D eigenvalue weighted by molar-refractivity contribution is -0.122. The molecule has 0 spiro atoms. The molecule has 2 N–H and O–H groups in total. The molecule has 8 heteroatoms. The molecule has 0 radical (unpaired) electrons. The van der Waals surface area contributed by atoms with Gasteiger partial charge in [0, 0.05) is 25.3 Å². The fourth-order valence-electron chi connectivity index (χ4n) is 2.76. The molecule has 29 heavy (non-hydrogen) atoms. The number of aromatic hydroxyl groups is 1. The van der Waals surface area contributed by atoms with Crippen molar-refractivity contribution >= 4 is 52.0 Å². The molecular weight excluding hydrogens is 410 g/mol. The molecule has 1 saturated heterocycles. The molecule has 1 fully saturated rings. The van der Waals surface area contributed by atoms with Crippen LogP contribution < -0.4 is 10.2 Å². The van der Waals surface area contributed by atoms with Crippen LogP contribution in [0.15, 0.2) is 66.4 Å². The number of anilines is 1. The molecule has 1 aliphatic heterocycles. The number of allylic oxidation sites excluding steroid dienone is 2. The van der Waals surface area contributed by atoms with Crippen LogP contribution in [0.4, 0.5) is 5.69 Å². The van der Waals surface area contributed by atoms with Crippen LogP contribution in [0.2, 0.25) is 5.02 Å². The first kappa shape index (κ1) is 20.6. The molecule has 6 nitrogen and oxygen atoms in total. The van der Waals surface area contributed by atoms with E-state index >= 15 is 0 Å². The lowest BCUT2D eigenvalue weighted by atomic mass is 10.0. The minimum atomic E-state index is -0.575. The second kappa shape index (κ2) is 8.46. The van der Waals surface area contributed by atoms with Crippen LogP contribution in [0.1, 0.15) is 5.56 Å². The predicted molar refractivity (Wildman–Crippen MR) is 118 cm³/mol. The van der Waals surface area contributed by atoms with E-state index in [9.17, 15) is 14.7 Å². The Kier molecular flexibility index (Phi) is 6.00. The van der Waals surface area contributed by atoms with E-state index in [2.05, 4.69) is 5.32 Å². The number of benzene rings is 2. The third kappa shape index (κ3) is 4.64. The van der Waals surface area contributed by atoms with Gasteiger partial charge in [0.2, 0.25) is 0 Å². The van der Waals surface area contributed by atoms with Gasteiger partial charge in [-0.2, -0.15) is 0 Å². The zero-order chi connectivity index (χ0) is 21.1. The smallest absolute Gasteiger partial charge is 0.270 e. The van der Waals surface area contributed by atoms with Crippen LogP contribution in [0.25, 0.3) is 5.57 Å². The summed E-state index contributed by atoms with van der Waals surface area (Å²) >= 11 is 11.1. The standard InChI is InChI=1S/C21H18ClN3O3S/c1-24(2)12-14(13-3-9-17(26)10-4-13)11-18-19(27)23-21(29)25(20(18)28)16-7-5-15(22)6-8-16/h3-12,26H,1-2H3,(H,23,27,29)/b14-12-,18-11-. The maximum absolute atomic E-state index is 13.1. The lowest BCUT2D eigenvalue weighted by Gasteiger charge is -2.29. The van der Waals surface area contributed by atoms with E-state index in [1.54, 1.807) is 47.5 Å². The van der Waals surface area contributed by atoms with Crippen molar-refractivity contribution in [2.45, 2.75) is 0 Å². The van der Waals surface area contributed by atoms with Gasteiger partial charge in [-0.15, -0.1) is 0 Å². The molecule has 0 bridgehead atoms. The molecule has 148 valence electrons. The molecule has 2 aromatic carbocycles. The summed E-state index contributed by atoms with van der Waals surface area (Å²) < 4.78 is 0. The van der Waals surface area contributed by atoms with Crippen LogP contribution in [-0.4, -0.2) is 41.0 Å². The maximum Gasteiger partial charge on any atom is 0.270 e. The molecule has 3 rings (SSSR count). The van der Waals surface area contributed by atoms with Crippen LogP contribution in [0.5, 0.6) is 5.75 Å².